The number of hydrogen-bond donors (Lipinski definition) is 2. The average molecular weight is 418 g/mol. The number of rotatable bonds is 5. The second-order valence-electron chi connectivity index (χ2n) is 6.71. The van der Waals surface area contributed by atoms with Gasteiger partial charge in [-0.15, -0.1) is 11.3 Å². The summed E-state index contributed by atoms with van der Waals surface area (Å²) in [6, 6.07) is 16.5. The predicted octanol–water partition coefficient (Wildman–Crippen LogP) is 3.40. The predicted molar refractivity (Wildman–Crippen MR) is 118 cm³/mol. The van der Waals surface area contributed by atoms with E-state index in [9.17, 15) is 14.4 Å². The van der Waals surface area contributed by atoms with E-state index in [0.717, 1.165) is 21.4 Å². The molecule has 4 aromatic rings. The minimum Gasteiger partial charge on any atom is -0.326 e. The van der Waals surface area contributed by atoms with E-state index < -0.39 is 0 Å². The zero-order chi connectivity index (χ0) is 21.1. The van der Waals surface area contributed by atoms with E-state index in [-0.39, 0.29) is 23.8 Å². The molecule has 0 aliphatic carbocycles. The molecule has 0 radical (unpaired) electrons. The lowest BCUT2D eigenvalue weighted by molar-refractivity contribution is -0.116. The van der Waals surface area contributed by atoms with E-state index in [0.29, 0.717) is 15.9 Å². The summed E-state index contributed by atoms with van der Waals surface area (Å²) in [5.41, 5.74) is 5.41. The molecule has 0 fully saturated rings. The Morgan fingerprint density at radius 3 is 2.50 bits per heavy atom. The van der Waals surface area contributed by atoms with Crippen LogP contribution in [0.15, 0.2) is 71.1 Å². The van der Waals surface area contributed by atoms with E-state index in [1.807, 2.05) is 35.7 Å². The highest BCUT2D eigenvalue weighted by atomic mass is 32.1. The molecule has 7 nitrogen and oxygen atoms in total. The van der Waals surface area contributed by atoms with Crippen molar-refractivity contribution >= 4 is 39.1 Å². The molecule has 150 valence electrons. The SMILES string of the molecule is CC(=O)Nc1ccc(CC(=O)Nn2cnc3scc(-c4ccccc4)c3c2=O)cc1. The molecule has 4 rings (SSSR count). The van der Waals surface area contributed by atoms with Crippen molar-refractivity contribution < 1.29 is 9.59 Å². The standard InChI is InChI=1S/C22H18N4O3S/c1-14(27)24-17-9-7-15(8-10-17)11-19(28)25-26-13-23-21-20(22(26)29)18(12-30-21)16-5-3-2-4-6-16/h2-10,12-13H,11H2,1H3,(H,24,27)(H,25,28). The van der Waals surface area contributed by atoms with Crippen molar-refractivity contribution in [2.45, 2.75) is 13.3 Å². The Morgan fingerprint density at radius 2 is 1.80 bits per heavy atom. The van der Waals surface area contributed by atoms with E-state index in [2.05, 4.69) is 15.7 Å². The van der Waals surface area contributed by atoms with Crippen molar-refractivity contribution in [3.05, 3.63) is 82.2 Å². The molecule has 0 aliphatic heterocycles. The van der Waals surface area contributed by atoms with Crippen molar-refractivity contribution in [1.82, 2.24) is 9.66 Å². The zero-order valence-corrected chi connectivity index (χ0v) is 16.9. The number of nitrogens with one attached hydrogen (secondary N) is 2. The molecule has 0 atom stereocenters. The van der Waals surface area contributed by atoms with Crippen LogP contribution in [0, 0.1) is 0 Å². The van der Waals surface area contributed by atoms with Crippen LogP contribution >= 0.6 is 11.3 Å². The van der Waals surface area contributed by atoms with Crippen LogP contribution in [0.5, 0.6) is 0 Å². The summed E-state index contributed by atoms with van der Waals surface area (Å²) in [6.07, 6.45) is 1.41. The first-order valence-corrected chi connectivity index (χ1v) is 10.1. The minimum absolute atomic E-state index is 0.0833. The van der Waals surface area contributed by atoms with Crippen LogP contribution in [0.3, 0.4) is 0 Å². The average Bonchev–Trinajstić information content (AvgIpc) is 3.17. The zero-order valence-electron chi connectivity index (χ0n) is 16.1. The molecule has 2 aromatic heterocycles. The number of nitrogens with zero attached hydrogens (tertiary/aromatic N) is 2. The first-order chi connectivity index (χ1) is 14.5. The van der Waals surface area contributed by atoms with Gasteiger partial charge in [-0.1, -0.05) is 42.5 Å². The van der Waals surface area contributed by atoms with Gasteiger partial charge in [0.2, 0.25) is 11.8 Å². The third kappa shape index (κ3) is 4.13. The number of fused-ring (bicyclic) bond motifs is 1. The lowest BCUT2D eigenvalue weighted by Gasteiger charge is -2.09. The summed E-state index contributed by atoms with van der Waals surface area (Å²) in [7, 11) is 0. The minimum atomic E-state index is -0.345. The molecule has 30 heavy (non-hydrogen) atoms. The molecule has 0 bridgehead atoms. The monoisotopic (exact) mass is 418 g/mol. The van der Waals surface area contributed by atoms with Crippen LogP contribution in [-0.4, -0.2) is 21.5 Å². The van der Waals surface area contributed by atoms with E-state index >= 15 is 0 Å². The Kier molecular flexibility index (Phi) is 5.40. The lowest BCUT2D eigenvalue weighted by Crippen LogP contribution is -2.34. The fourth-order valence-corrected chi connectivity index (χ4v) is 4.02. The summed E-state index contributed by atoms with van der Waals surface area (Å²) in [5, 5.41) is 5.05. The van der Waals surface area contributed by atoms with Gasteiger partial charge < -0.3 is 5.32 Å². The topological polar surface area (TPSA) is 93.1 Å². The molecule has 0 spiro atoms. The van der Waals surface area contributed by atoms with Crippen LogP contribution < -0.4 is 16.3 Å². The van der Waals surface area contributed by atoms with Gasteiger partial charge in [-0.05, 0) is 23.3 Å². The molecule has 2 aromatic carbocycles. The van der Waals surface area contributed by atoms with Gasteiger partial charge in [-0.25, -0.2) is 9.66 Å². The lowest BCUT2D eigenvalue weighted by atomic mass is 10.1. The molecule has 0 saturated heterocycles. The Labute approximate surface area is 176 Å². The molecule has 2 amide bonds. The molecule has 0 unspecified atom stereocenters. The smallest absolute Gasteiger partial charge is 0.281 e. The first kappa shape index (κ1) is 19.5. The molecule has 8 heteroatoms. The summed E-state index contributed by atoms with van der Waals surface area (Å²) in [5.74, 6) is -0.506. The Morgan fingerprint density at radius 1 is 1.07 bits per heavy atom. The Bertz CT molecular complexity index is 1280. The maximum absolute atomic E-state index is 13.0. The first-order valence-electron chi connectivity index (χ1n) is 9.22. The molecule has 2 N–H and O–H groups in total. The van der Waals surface area contributed by atoms with Gasteiger partial charge >= 0.3 is 0 Å². The van der Waals surface area contributed by atoms with Crippen molar-refractivity contribution in [1.29, 1.82) is 0 Å². The molecular formula is C22H18N4O3S. The number of aromatic nitrogens is 2. The molecule has 0 saturated carbocycles. The van der Waals surface area contributed by atoms with Crippen molar-refractivity contribution in [2.75, 3.05) is 10.7 Å². The summed E-state index contributed by atoms with van der Waals surface area (Å²) >= 11 is 1.39. The number of anilines is 1. The van der Waals surface area contributed by atoms with Crippen LogP contribution in [0.1, 0.15) is 12.5 Å². The number of carbonyl (C=O) groups excluding carboxylic acids is 2. The fourth-order valence-electron chi connectivity index (χ4n) is 3.11. The molecule has 0 aliphatic rings. The van der Waals surface area contributed by atoms with Crippen molar-refractivity contribution in [3.8, 4) is 11.1 Å². The largest absolute Gasteiger partial charge is 0.326 e. The summed E-state index contributed by atoms with van der Waals surface area (Å²) < 4.78 is 1.12. The highest BCUT2D eigenvalue weighted by Crippen LogP contribution is 2.30. The molecular weight excluding hydrogens is 400 g/mol. The van der Waals surface area contributed by atoms with Gasteiger partial charge in [0.25, 0.3) is 5.56 Å². The van der Waals surface area contributed by atoms with Gasteiger partial charge in [0.05, 0.1) is 11.8 Å². The Balaban J connectivity index is 1.55. The number of thiophene rings is 1. The second kappa shape index (κ2) is 8.30. The quantitative estimate of drug-likeness (QED) is 0.520. The number of hydrogen-bond acceptors (Lipinski definition) is 5. The van der Waals surface area contributed by atoms with Gasteiger partial charge in [0.15, 0.2) is 0 Å². The van der Waals surface area contributed by atoms with Crippen LogP contribution in [-0.2, 0) is 16.0 Å². The number of benzene rings is 2. The number of carbonyl (C=O) groups is 2. The second-order valence-corrected chi connectivity index (χ2v) is 7.56. The van der Waals surface area contributed by atoms with E-state index in [1.165, 1.54) is 24.6 Å². The van der Waals surface area contributed by atoms with Crippen molar-refractivity contribution in [3.63, 3.8) is 0 Å². The third-order valence-corrected chi connectivity index (χ3v) is 5.35. The van der Waals surface area contributed by atoms with Crippen LogP contribution in [0.25, 0.3) is 21.3 Å². The third-order valence-electron chi connectivity index (χ3n) is 4.46. The molecule has 2 heterocycles. The van der Waals surface area contributed by atoms with Crippen LogP contribution in [0.2, 0.25) is 0 Å². The van der Waals surface area contributed by atoms with Gasteiger partial charge in [-0.3, -0.25) is 19.8 Å². The van der Waals surface area contributed by atoms with Gasteiger partial charge in [0, 0.05) is 23.6 Å². The highest BCUT2D eigenvalue weighted by Gasteiger charge is 2.14. The van der Waals surface area contributed by atoms with Gasteiger partial charge in [-0.2, -0.15) is 0 Å². The fraction of sp³-hybridized carbons (Fsp3) is 0.0909. The number of amides is 2. The Hall–Kier alpha value is -3.78. The maximum atomic E-state index is 13.0. The normalized spacial score (nSPS) is 10.7. The maximum Gasteiger partial charge on any atom is 0.281 e. The van der Waals surface area contributed by atoms with Crippen molar-refractivity contribution in [2.24, 2.45) is 0 Å². The van der Waals surface area contributed by atoms with Gasteiger partial charge in [0.1, 0.15) is 11.2 Å². The van der Waals surface area contributed by atoms with Crippen LogP contribution in [0.4, 0.5) is 5.69 Å². The summed E-state index contributed by atoms with van der Waals surface area (Å²) in [6.45, 7) is 1.43. The van der Waals surface area contributed by atoms with E-state index in [1.54, 1.807) is 24.3 Å². The summed E-state index contributed by atoms with van der Waals surface area (Å²) in [4.78, 5) is 41.5. The van der Waals surface area contributed by atoms with E-state index in [4.69, 9.17) is 0 Å². The highest BCUT2D eigenvalue weighted by molar-refractivity contribution is 7.17.